The second-order valence-electron chi connectivity index (χ2n) is 10.2. The van der Waals surface area contributed by atoms with E-state index >= 15 is 0 Å². The Morgan fingerprint density at radius 2 is 1.59 bits per heavy atom. The highest BCUT2D eigenvalue weighted by Crippen LogP contribution is 2.43. The SMILES string of the molecule is CCCCC(=O)NC1(c2ccc(C(C)C)cc2OC(=O)C(C)(C)C)C(=O)c2ccccc2C1=O. The number of carbonyl (C=O) groups excluding carboxylic acids is 4. The van der Waals surface area contributed by atoms with E-state index in [9.17, 15) is 19.2 Å². The molecule has 34 heavy (non-hydrogen) atoms. The number of ketones is 2. The lowest BCUT2D eigenvalue weighted by Crippen LogP contribution is -2.54. The maximum Gasteiger partial charge on any atom is 0.316 e. The Labute approximate surface area is 201 Å². The lowest BCUT2D eigenvalue weighted by atomic mass is 9.82. The Morgan fingerprint density at radius 3 is 2.09 bits per heavy atom. The van der Waals surface area contributed by atoms with E-state index in [1.54, 1.807) is 63.2 Å². The molecule has 2 aromatic rings. The fraction of sp³-hybridized carbons (Fsp3) is 0.429. The summed E-state index contributed by atoms with van der Waals surface area (Å²) in [6, 6.07) is 11.6. The van der Waals surface area contributed by atoms with Crippen LogP contribution in [0.25, 0.3) is 0 Å². The zero-order valence-corrected chi connectivity index (χ0v) is 20.8. The molecule has 2 aromatic carbocycles. The number of hydrogen-bond donors (Lipinski definition) is 1. The van der Waals surface area contributed by atoms with Gasteiger partial charge in [-0.25, -0.2) is 0 Å². The zero-order valence-electron chi connectivity index (χ0n) is 20.8. The first-order valence-corrected chi connectivity index (χ1v) is 11.8. The van der Waals surface area contributed by atoms with Gasteiger partial charge in [-0.1, -0.05) is 63.6 Å². The van der Waals surface area contributed by atoms with Crippen molar-refractivity contribution in [1.82, 2.24) is 5.32 Å². The number of fused-ring (bicyclic) bond motifs is 1. The summed E-state index contributed by atoms with van der Waals surface area (Å²) in [6.07, 6.45) is 1.59. The summed E-state index contributed by atoms with van der Waals surface area (Å²) in [5.41, 5.74) is -1.27. The van der Waals surface area contributed by atoms with Crippen LogP contribution in [-0.2, 0) is 15.1 Å². The number of rotatable bonds is 7. The molecule has 1 aliphatic carbocycles. The van der Waals surface area contributed by atoms with Gasteiger partial charge in [0.25, 0.3) is 0 Å². The molecule has 0 fully saturated rings. The minimum Gasteiger partial charge on any atom is -0.426 e. The van der Waals surface area contributed by atoms with Crippen molar-refractivity contribution in [1.29, 1.82) is 0 Å². The first-order chi connectivity index (χ1) is 15.9. The van der Waals surface area contributed by atoms with Crippen LogP contribution in [0.3, 0.4) is 0 Å². The van der Waals surface area contributed by atoms with Gasteiger partial charge in [0.05, 0.1) is 5.41 Å². The van der Waals surface area contributed by atoms with Gasteiger partial charge in [0.2, 0.25) is 17.5 Å². The van der Waals surface area contributed by atoms with Gasteiger partial charge in [-0.05, 0) is 44.7 Å². The molecule has 3 rings (SSSR count). The van der Waals surface area contributed by atoms with E-state index in [0.717, 1.165) is 12.0 Å². The Morgan fingerprint density at radius 1 is 1.00 bits per heavy atom. The number of benzene rings is 2. The minimum absolute atomic E-state index is 0.108. The fourth-order valence-corrected chi connectivity index (χ4v) is 3.97. The lowest BCUT2D eigenvalue weighted by molar-refractivity contribution is -0.143. The third-order valence-electron chi connectivity index (χ3n) is 6.07. The summed E-state index contributed by atoms with van der Waals surface area (Å²) >= 11 is 0. The van der Waals surface area contributed by atoms with E-state index < -0.39 is 34.4 Å². The average molecular weight is 464 g/mol. The predicted molar refractivity (Wildman–Crippen MR) is 130 cm³/mol. The van der Waals surface area contributed by atoms with Crippen molar-refractivity contribution in [2.45, 2.75) is 72.3 Å². The second-order valence-corrected chi connectivity index (χ2v) is 10.2. The molecule has 6 nitrogen and oxygen atoms in total. The number of Topliss-reactive ketones (excluding diaryl/α,β-unsaturated/α-hetero) is 2. The molecule has 0 bridgehead atoms. The highest BCUT2D eigenvalue weighted by Gasteiger charge is 2.56. The van der Waals surface area contributed by atoms with Crippen LogP contribution in [0, 0.1) is 5.41 Å². The first-order valence-electron chi connectivity index (χ1n) is 11.8. The third-order valence-corrected chi connectivity index (χ3v) is 6.07. The summed E-state index contributed by atoms with van der Waals surface area (Å²) in [4.78, 5) is 53.4. The molecule has 180 valence electrons. The van der Waals surface area contributed by atoms with Crippen molar-refractivity contribution in [2.75, 3.05) is 0 Å². The summed E-state index contributed by atoms with van der Waals surface area (Å²) < 4.78 is 5.80. The molecule has 1 N–H and O–H groups in total. The second kappa shape index (κ2) is 9.53. The molecule has 1 amide bonds. The highest BCUT2D eigenvalue weighted by molar-refractivity contribution is 6.34. The van der Waals surface area contributed by atoms with Crippen LogP contribution in [0.15, 0.2) is 42.5 Å². The van der Waals surface area contributed by atoms with Gasteiger partial charge in [0.1, 0.15) is 5.75 Å². The number of amides is 1. The molecule has 0 aliphatic heterocycles. The van der Waals surface area contributed by atoms with Gasteiger partial charge in [0, 0.05) is 23.1 Å². The molecule has 0 saturated carbocycles. The molecule has 0 atom stereocenters. The number of ether oxygens (including phenoxy) is 1. The maximum atomic E-state index is 13.8. The third kappa shape index (κ3) is 4.54. The van der Waals surface area contributed by atoms with Crippen LogP contribution in [-0.4, -0.2) is 23.4 Å². The quantitative estimate of drug-likeness (QED) is 0.340. The number of nitrogens with one attached hydrogen (secondary N) is 1. The Balaban J connectivity index is 2.25. The average Bonchev–Trinajstić information content (AvgIpc) is 2.99. The summed E-state index contributed by atoms with van der Waals surface area (Å²) in [7, 11) is 0. The van der Waals surface area contributed by atoms with E-state index in [1.165, 1.54) is 0 Å². The van der Waals surface area contributed by atoms with Gasteiger partial charge in [-0.2, -0.15) is 0 Å². The smallest absolute Gasteiger partial charge is 0.316 e. The van der Waals surface area contributed by atoms with Crippen molar-refractivity contribution in [3.05, 3.63) is 64.7 Å². The predicted octanol–water partition coefficient (Wildman–Crippen LogP) is 5.34. The molecule has 1 aliphatic rings. The van der Waals surface area contributed by atoms with Crippen LogP contribution < -0.4 is 10.1 Å². The van der Waals surface area contributed by atoms with Crippen molar-refractivity contribution >= 4 is 23.4 Å². The normalized spacial score (nSPS) is 14.8. The number of hydrogen-bond acceptors (Lipinski definition) is 5. The summed E-state index contributed by atoms with van der Waals surface area (Å²) in [6.45, 7) is 11.1. The van der Waals surface area contributed by atoms with Gasteiger partial charge >= 0.3 is 5.97 Å². The summed E-state index contributed by atoms with van der Waals surface area (Å²) in [5.74, 6) is -1.73. The molecular weight excluding hydrogens is 430 g/mol. The van der Waals surface area contributed by atoms with Gasteiger partial charge in [0.15, 0.2) is 5.54 Å². The fourth-order valence-electron chi connectivity index (χ4n) is 3.97. The highest BCUT2D eigenvalue weighted by atomic mass is 16.5. The van der Waals surface area contributed by atoms with Crippen molar-refractivity contribution in [2.24, 2.45) is 5.41 Å². The molecule has 0 saturated heterocycles. The van der Waals surface area contributed by atoms with Gasteiger partial charge < -0.3 is 10.1 Å². The number of carbonyl (C=O) groups is 4. The molecule has 0 radical (unpaired) electrons. The standard InChI is InChI=1S/C28H33NO5/c1-7-8-13-23(30)29-28(24(31)19-11-9-10-12-20(19)25(28)32)21-15-14-18(17(2)3)16-22(21)34-26(33)27(4,5)6/h9-12,14-17H,7-8,13H2,1-6H3,(H,29,30). The van der Waals surface area contributed by atoms with Crippen molar-refractivity contribution in [3.8, 4) is 5.75 Å². The van der Waals surface area contributed by atoms with E-state index in [0.29, 0.717) is 6.42 Å². The maximum absolute atomic E-state index is 13.8. The van der Waals surface area contributed by atoms with E-state index in [1.807, 2.05) is 20.8 Å². The number of esters is 1. The molecule has 0 aromatic heterocycles. The van der Waals surface area contributed by atoms with Crippen LogP contribution in [0.5, 0.6) is 5.75 Å². The minimum atomic E-state index is -1.99. The van der Waals surface area contributed by atoms with Crippen LogP contribution in [0.2, 0.25) is 0 Å². The Kier molecular flexibility index (Phi) is 7.10. The van der Waals surface area contributed by atoms with E-state index in [4.69, 9.17) is 4.74 Å². The largest absolute Gasteiger partial charge is 0.426 e. The van der Waals surface area contributed by atoms with Crippen LogP contribution in [0.1, 0.15) is 98.6 Å². The lowest BCUT2D eigenvalue weighted by Gasteiger charge is -2.30. The Bertz CT molecular complexity index is 1100. The number of unbranched alkanes of at least 4 members (excludes halogenated alkanes) is 1. The molecule has 0 heterocycles. The van der Waals surface area contributed by atoms with Gasteiger partial charge in [-0.15, -0.1) is 0 Å². The molecular formula is C28H33NO5. The van der Waals surface area contributed by atoms with E-state index in [2.05, 4.69) is 5.32 Å². The van der Waals surface area contributed by atoms with E-state index in [-0.39, 0.29) is 34.8 Å². The van der Waals surface area contributed by atoms with Crippen LogP contribution >= 0.6 is 0 Å². The Hall–Kier alpha value is -3.28. The van der Waals surface area contributed by atoms with Crippen molar-refractivity contribution in [3.63, 3.8) is 0 Å². The van der Waals surface area contributed by atoms with Crippen molar-refractivity contribution < 1.29 is 23.9 Å². The first kappa shape index (κ1) is 25.3. The summed E-state index contributed by atoms with van der Waals surface area (Å²) in [5, 5.41) is 2.76. The van der Waals surface area contributed by atoms with Gasteiger partial charge in [-0.3, -0.25) is 19.2 Å². The molecule has 6 heteroatoms. The van der Waals surface area contributed by atoms with Crippen LogP contribution in [0.4, 0.5) is 0 Å². The molecule has 0 unspecified atom stereocenters. The molecule has 0 spiro atoms. The topological polar surface area (TPSA) is 89.5 Å². The zero-order chi connectivity index (χ0) is 25.3. The monoisotopic (exact) mass is 463 g/mol.